The van der Waals surface area contributed by atoms with Crippen LogP contribution in [0.3, 0.4) is 0 Å². The molecule has 0 fully saturated rings. The number of hydrogen-bond acceptors (Lipinski definition) is 1. The number of carboxylic acid groups (broad SMARTS) is 1. The van der Waals surface area contributed by atoms with Crippen molar-refractivity contribution in [3.63, 3.8) is 0 Å². The molecule has 0 radical (unpaired) electrons. The third-order valence-corrected chi connectivity index (χ3v) is 6.00. The van der Waals surface area contributed by atoms with Crippen LogP contribution in [0.15, 0.2) is 79.0 Å². The molecule has 182 valence electrons. The lowest BCUT2D eigenvalue weighted by atomic mass is 9.98. The topological polar surface area (TPSA) is 42.2 Å². The minimum Gasteiger partial charge on any atom is -0.478 e. The summed E-state index contributed by atoms with van der Waals surface area (Å²) in [6, 6.07) is 17.8. The number of nitrogens with zero attached hydrogens (tertiary/aromatic N) is 1. The number of aromatic nitrogens is 1. The number of hydrogen-bond donors (Lipinski definition) is 1. The van der Waals surface area contributed by atoms with E-state index < -0.39 is 29.7 Å². The molecule has 3 nitrogen and oxygen atoms in total. The van der Waals surface area contributed by atoms with Crippen molar-refractivity contribution in [1.29, 1.82) is 0 Å². The molecule has 8 heteroatoms. The van der Waals surface area contributed by atoms with Crippen LogP contribution in [-0.2, 0) is 6.18 Å². The molecule has 3 aromatic carbocycles. The van der Waals surface area contributed by atoms with E-state index in [1.165, 1.54) is 24.3 Å². The Morgan fingerprint density at radius 1 is 0.886 bits per heavy atom. The molecule has 1 aromatic heterocycles. The smallest absolute Gasteiger partial charge is 0.416 e. The molecule has 0 aliphatic heterocycles. The zero-order chi connectivity index (χ0) is 25.4. The first-order chi connectivity index (χ1) is 16.4. The Morgan fingerprint density at radius 3 is 2.09 bits per heavy atom. The minimum absolute atomic E-state index is 0.104. The van der Waals surface area contributed by atoms with Crippen LogP contribution < -0.4 is 0 Å². The number of aromatic carboxylic acids is 1. The molecule has 0 saturated heterocycles. The molecule has 4 rings (SSSR count). The minimum atomic E-state index is -4.41. The molecule has 0 bridgehead atoms. The maximum Gasteiger partial charge on any atom is 0.416 e. The summed E-state index contributed by atoms with van der Waals surface area (Å²) in [7, 11) is 0. The third-order valence-electron chi connectivity index (χ3n) is 6.00. The normalized spacial score (nSPS) is 13.2. The van der Waals surface area contributed by atoms with E-state index in [1.54, 1.807) is 24.4 Å². The fourth-order valence-electron chi connectivity index (χ4n) is 4.17. The molecule has 0 spiro atoms. The molecular formula is C27H22F5NO2. The standard InChI is InChI=1S/C27H22F5NO2/c1-26(28,29)14-12-24(18-2-4-19(5-3-18)25(34)35)33-15-13-21-16-20(8-11-23(21)33)17-6-9-22(10-7-17)27(30,31)32/h2-11,13,15-16,24H,12,14H2,1H3,(H,34,35). The van der Waals surface area contributed by atoms with E-state index in [9.17, 15) is 26.7 Å². The van der Waals surface area contributed by atoms with Crippen LogP contribution >= 0.6 is 0 Å². The zero-order valence-electron chi connectivity index (χ0n) is 18.7. The summed E-state index contributed by atoms with van der Waals surface area (Å²) in [5.74, 6) is -3.94. The molecule has 1 unspecified atom stereocenters. The summed E-state index contributed by atoms with van der Waals surface area (Å²) in [6.07, 6.45) is -2.86. The van der Waals surface area contributed by atoms with Crippen molar-refractivity contribution < 1.29 is 31.9 Å². The van der Waals surface area contributed by atoms with Gasteiger partial charge in [-0.3, -0.25) is 0 Å². The van der Waals surface area contributed by atoms with Crippen LogP contribution in [-0.4, -0.2) is 21.6 Å². The number of rotatable bonds is 7. The average Bonchev–Trinajstić information content (AvgIpc) is 3.21. The number of fused-ring (bicyclic) bond motifs is 1. The lowest BCUT2D eigenvalue weighted by molar-refractivity contribution is -0.137. The van der Waals surface area contributed by atoms with Crippen molar-refractivity contribution in [2.45, 2.75) is 37.9 Å². The molecule has 1 N–H and O–H groups in total. The summed E-state index contributed by atoms with van der Waals surface area (Å²) in [4.78, 5) is 11.2. The lowest BCUT2D eigenvalue weighted by Crippen LogP contribution is -2.16. The molecular weight excluding hydrogens is 465 g/mol. The van der Waals surface area contributed by atoms with E-state index >= 15 is 0 Å². The van der Waals surface area contributed by atoms with Gasteiger partial charge in [0.15, 0.2) is 0 Å². The molecule has 0 aliphatic rings. The van der Waals surface area contributed by atoms with E-state index in [1.807, 2.05) is 22.8 Å². The van der Waals surface area contributed by atoms with Crippen molar-refractivity contribution >= 4 is 16.9 Å². The van der Waals surface area contributed by atoms with Crippen molar-refractivity contribution in [3.8, 4) is 11.1 Å². The van der Waals surface area contributed by atoms with Crippen LogP contribution in [0.4, 0.5) is 22.0 Å². The number of carboxylic acids is 1. The van der Waals surface area contributed by atoms with E-state index in [-0.39, 0.29) is 18.4 Å². The summed E-state index contributed by atoms with van der Waals surface area (Å²) >= 11 is 0. The Balaban J connectivity index is 1.70. The van der Waals surface area contributed by atoms with Gasteiger partial charge in [0, 0.05) is 23.5 Å². The highest BCUT2D eigenvalue weighted by molar-refractivity contribution is 5.88. The first-order valence-corrected chi connectivity index (χ1v) is 10.9. The average molecular weight is 487 g/mol. The van der Waals surface area contributed by atoms with Gasteiger partial charge in [-0.15, -0.1) is 0 Å². The fourth-order valence-corrected chi connectivity index (χ4v) is 4.17. The van der Waals surface area contributed by atoms with Crippen molar-refractivity contribution in [1.82, 2.24) is 4.57 Å². The summed E-state index contributed by atoms with van der Waals surface area (Å²) in [5.41, 5.74) is 2.20. The zero-order valence-corrected chi connectivity index (χ0v) is 18.7. The summed E-state index contributed by atoms with van der Waals surface area (Å²) < 4.78 is 67.9. The van der Waals surface area contributed by atoms with Crippen molar-refractivity contribution in [3.05, 3.63) is 95.7 Å². The lowest BCUT2D eigenvalue weighted by Gasteiger charge is -2.23. The number of halogens is 5. The van der Waals surface area contributed by atoms with Gasteiger partial charge < -0.3 is 9.67 Å². The van der Waals surface area contributed by atoms with Crippen LogP contribution in [0.2, 0.25) is 0 Å². The van der Waals surface area contributed by atoms with Gasteiger partial charge in [0.05, 0.1) is 17.2 Å². The van der Waals surface area contributed by atoms with E-state index in [2.05, 4.69) is 0 Å². The number of carbonyl (C=O) groups is 1. The maximum absolute atomic E-state index is 13.7. The monoisotopic (exact) mass is 487 g/mol. The van der Waals surface area contributed by atoms with Gasteiger partial charge in [0.25, 0.3) is 0 Å². The largest absolute Gasteiger partial charge is 0.478 e. The van der Waals surface area contributed by atoms with Crippen LogP contribution in [0, 0.1) is 0 Å². The highest BCUT2D eigenvalue weighted by Gasteiger charge is 2.30. The van der Waals surface area contributed by atoms with Gasteiger partial charge in [0.1, 0.15) is 0 Å². The van der Waals surface area contributed by atoms with E-state index in [0.29, 0.717) is 11.1 Å². The van der Waals surface area contributed by atoms with Gasteiger partial charge in [-0.1, -0.05) is 30.3 Å². The SMILES string of the molecule is CC(F)(F)CCC(c1ccc(C(=O)O)cc1)n1ccc2cc(-c3ccc(C(F)(F)F)cc3)ccc21. The molecule has 0 amide bonds. The summed E-state index contributed by atoms with van der Waals surface area (Å²) in [6.45, 7) is 0.863. The highest BCUT2D eigenvalue weighted by atomic mass is 19.4. The highest BCUT2D eigenvalue weighted by Crippen LogP contribution is 2.35. The molecule has 0 saturated carbocycles. The molecule has 1 heterocycles. The third kappa shape index (κ3) is 5.53. The van der Waals surface area contributed by atoms with Crippen LogP contribution in [0.25, 0.3) is 22.0 Å². The van der Waals surface area contributed by atoms with Crippen LogP contribution in [0.5, 0.6) is 0 Å². The molecule has 1 atom stereocenters. The van der Waals surface area contributed by atoms with Gasteiger partial charge in [0.2, 0.25) is 5.92 Å². The fraction of sp³-hybridized carbons (Fsp3) is 0.222. The predicted molar refractivity (Wildman–Crippen MR) is 124 cm³/mol. The maximum atomic E-state index is 13.7. The van der Waals surface area contributed by atoms with Gasteiger partial charge >= 0.3 is 12.1 Å². The first kappa shape index (κ1) is 24.4. The number of benzene rings is 3. The second-order valence-electron chi connectivity index (χ2n) is 8.62. The van der Waals surface area contributed by atoms with Gasteiger partial charge in [-0.25, -0.2) is 13.6 Å². The number of alkyl halides is 5. The Morgan fingerprint density at radius 2 is 1.51 bits per heavy atom. The molecule has 0 aliphatic carbocycles. The van der Waals surface area contributed by atoms with Crippen molar-refractivity contribution in [2.24, 2.45) is 0 Å². The Labute approximate surface area is 198 Å². The quantitative estimate of drug-likeness (QED) is 0.268. The second kappa shape index (κ2) is 9.17. The second-order valence-corrected chi connectivity index (χ2v) is 8.62. The molecule has 4 aromatic rings. The summed E-state index contributed by atoms with van der Waals surface area (Å²) in [5, 5.41) is 9.97. The molecule has 35 heavy (non-hydrogen) atoms. The van der Waals surface area contributed by atoms with E-state index in [4.69, 9.17) is 5.11 Å². The first-order valence-electron chi connectivity index (χ1n) is 10.9. The van der Waals surface area contributed by atoms with E-state index in [0.717, 1.165) is 35.5 Å². The van der Waals surface area contributed by atoms with Gasteiger partial charge in [-0.05, 0) is 72.5 Å². The Hall–Kier alpha value is -3.68. The van der Waals surface area contributed by atoms with Crippen LogP contribution in [0.1, 0.15) is 47.3 Å². The van der Waals surface area contributed by atoms with Crippen molar-refractivity contribution in [2.75, 3.05) is 0 Å². The predicted octanol–water partition coefficient (Wildman–Crippen LogP) is 8.05. The van der Waals surface area contributed by atoms with Gasteiger partial charge in [-0.2, -0.15) is 13.2 Å². The Bertz CT molecular complexity index is 1330. The Kier molecular flexibility index (Phi) is 6.40.